The zero-order chi connectivity index (χ0) is 25.7. The number of aliphatic hydroxyl groups excluding tert-OH is 1. The number of carbonyl (C=O) groups is 1. The van der Waals surface area contributed by atoms with Gasteiger partial charge in [-0.25, -0.2) is 4.79 Å². The molecule has 37 heavy (non-hydrogen) atoms. The molecule has 0 unspecified atom stereocenters. The Morgan fingerprint density at radius 1 is 1.00 bits per heavy atom. The number of hydrogen-bond donors (Lipinski definition) is 2. The first-order valence-corrected chi connectivity index (χ1v) is 15.0. The lowest BCUT2D eigenvalue weighted by Crippen LogP contribution is -2.66. The highest BCUT2D eigenvalue weighted by atomic mass is 32.1. The molecule has 0 aliphatic carbocycles. The molecule has 8 heteroatoms. The number of aryl methyl sites for hydroxylation is 1. The lowest BCUT2D eigenvalue weighted by molar-refractivity contribution is -0.984. The van der Waals surface area contributed by atoms with Crippen LogP contribution in [0.15, 0.2) is 59.3 Å². The first-order valence-electron chi connectivity index (χ1n) is 13.2. The van der Waals surface area contributed by atoms with Gasteiger partial charge in [0, 0.05) is 32.3 Å². The molecular formula is C29H36NO5S2+. The Hall–Kier alpha value is -2.23. The highest BCUT2D eigenvalue weighted by Gasteiger charge is 2.52. The van der Waals surface area contributed by atoms with E-state index in [0.29, 0.717) is 22.3 Å². The number of rotatable bonds is 12. The number of thiophene rings is 2. The van der Waals surface area contributed by atoms with Crippen LogP contribution in [0, 0.1) is 5.92 Å². The van der Waals surface area contributed by atoms with Crippen LogP contribution in [0.1, 0.15) is 47.4 Å². The van der Waals surface area contributed by atoms with E-state index < -0.39 is 11.6 Å². The molecule has 198 valence electrons. The fourth-order valence-electron chi connectivity index (χ4n) is 5.80. The van der Waals surface area contributed by atoms with Crippen molar-refractivity contribution in [1.82, 2.24) is 0 Å². The van der Waals surface area contributed by atoms with Crippen LogP contribution in [0.2, 0.25) is 0 Å². The van der Waals surface area contributed by atoms with Crippen molar-refractivity contribution >= 4 is 28.6 Å². The van der Waals surface area contributed by atoms with Crippen molar-refractivity contribution in [1.29, 1.82) is 0 Å². The van der Waals surface area contributed by atoms with E-state index in [1.54, 1.807) is 12.1 Å². The summed E-state index contributed by atoms with van der Waals surface area (Å²) in [5.74, 6) is 0.866. The van der Waals surface area contributed by atoms with Gasteiger partial charge in [-0.1, -0.05) is 24.3 Å². The third-order valence-corrected chi connectivity index (χ3v) is 9.93. The molecule has 3 aliphatic heterocycles. The Morgan fingerprint density at radius 2 is 1.68 bits per heavy atom. The molecule has 2 aromatic heterocycles. The molecule has 0 amide bonds. The first kappa shape index (κ1) is 26.4. The summed E-state index contributed by atoms with van der Waals surface area (Å²) in [5, 5.41) is 24.5. The highest BCUT2D eigenvalue weighted by Crippen LogP contribution is 2.42. The van der Waals surface area contributed by atoms with Gasteiger partial charge in [0.25, 0.3) is 0 Å². The molecule has 0 spiro atoms. The lowest BCUT2D eigenvalue weighted by Gasteiger charge is -2.53. The van der Waals surface area contributed by atoms with Gasteiger partial charge in [0.2, 0.25) is 11.8 Å². The molecular weight excluding hydrogens is 506 g/mol. The summed E-state index contributed by atoms with van der Waals surface area (Å²) in [6, 6.07) is 15.4. The van der Waals surface area contributed by atoms with Crippen LogP contribution < -0.4 is 4.74 Å². The normalized spacial score (nSPS) is 23.2. The van der Waals surface area contributed by atoms with Gasteiger partial charge in [0.15, 0.2) is 0 Å². The number of nitrogens with zero attached hydrogens (tertiary/aromatic N) is 1. The summed E-state index contributed by atoms with van der Waals surface area (Å²) in [6.07, 6.45) is 5.43. The van der Waals surface area contributed by atoms with Gasteiger partial charge in [-0.15, -0.1) is 22.7 Å². The standard InChI is InChI=1S/C29H36NO5S2/c31-17-1-5-22-8-10-24(11-9-22)34-18-4-14-30-15-12-23(13-16-30)21-27(30)35-28(32)29(33,25-6-2-19-36-25)26-7-3-20-37-26/h2-3,6-11,19-20,23,27,31,33H,1,4-5,12-18,21H2/q+1/t23?,27-,30?/m1/s1. The predicted molar refractivity (Wildman–Crippen MR) is 146 cm³/mol. The van der Waals surface area contributed by atoms with Crippen LogP contribution in [-0.4, -0.2) is 59.7 Å². The molecule has 3 saturated heterocycles. The maximum absolute atomic E-state index is 13.6. The summed E-state index contributed by atoms with van der Waals surface area (Å²) in [6.45, 7) is 3.69. The third-order valence-electron chi connectivity index (χ3n) is 7.97. The highest BCUT2D eigenvalue weighted by molar-refractivity contribution is 7.12. The number of hydrogen-bond acceptors (Lipinski definition) is 7. The minimum Gasteiger partial charge on any atom is -0.493 e. The quantitative estimate of drug-likeness (QED) is 0.193. The topological polar surface area (TPSA) is 76.0 Å². The van der Waals surface area contributed by atoms with Crippen molar-refractivity contribution in [3.05, 3.63) is 74.6 Å². The molecule has 0 saturated carbocycles. The third kappa shape index (κ3) is 5.64. The minimum absolute atomic E-state index is 0.205. The number of piperidine rings is 3. The molecule has 2 bridgehead atoms. The van der Waals surface area contributed by atoms with Crippen molar-refractivity contribution in [2.75, 3.05) is 32.8 Å². The van der Waals surface area contributed by atoms with E-state index in [1.807, 2.05) is 35.0 Å². The number of carbonyl (C=O) groups excluding carboxylic acids is 1. The average Bonchev–Trinajstić information content (AvgIpc) is 3.67. The molecule has 0 radical (unpaired) electrons. The first-order chi connectivity index (χ1) is 18.0. The second-order valence-corrected chi connectivity index (χ2v) is 12.2. The second-order valence-electron chi connectivity index (χ2n) is 10.3. The predicted octanol–water partition coefficient (Wildman–Crippen LogP) is 4.94. The average molecular weight is 543 g/mol. The fourth-order valence-corrected chi connectivity index (χ4v) is 7.51. The largest absolute Gasteiger partial charge is 0.493 e. The van der Waals surface area contributed by atoms with Crippen molar-refractivity contribution in [2.45, 2.75) is 50.4 Å². The Kier molecular flexibility index (Phi) is 8.31. The molecule has 6 rings (SSSR count). The monoisotopic (exact) mass is 542 g/mol. The van der Waals surface area contributed by atoms with Crippen LogP contribution >= 0.6 is 22.7 Å². The van der Waals surface area contributed by atoms with Crippen LogP contribution in [-0.2, 0) is 21.6 Å². The number of fused-ring (bicyclic) bond motifs is 3. The van der Waals surface area contributed by atoms with E-state index in [1.165, 1.54) is 28.2 Å². The Bertz CT molecular complexity index is 1090. The van der Waals surface area contributed by atoms with Gasteiger partial charge < -0.3 is 19.7 Å². The van der Waals surface area contributed by atoms with Crippen molar-refractivity contribution in [3.63, 3.8) is 0 Å². The molecule has 3 fully saturated rings. The summed E-state index contributed by atoms with van der Waals surface area (Å²) in [4.78, 5) is 14.8. The number of esters is 1. The molecule has 3 aromatic rings. The van der Waals surface area contributed by atoms with Gasteiger partial charge >= 0.3 is 5.97 Å². The molecule has 6 nitrogen and oxygen atoms in total. The zero-order valence-corrected chi connectivity index (χ0v) is 22.7. The summed E-state index contributed by atoms with van der Waals surface area (Å²) in [7, 11) is 0. The number of benzene rings is 1. The fraction of sp³-hybridized carbons (Fsp3) is 0.483. The van der Waals surface area contributed by atoms with Gasteiger partial charge in [-0.05, 0) is 59.3 Å². The van der Waals surface area contributed by atoms with Gasteiger partial charge in [0.05, 0.1) is 36.0 Å². The van der Waals surface area contributed by atoms with Crippen molar-refractivity contribution < 1.29 is 29.0 Å². The zero-order valence-electron chi connectivity index (χ0n) is 21.1. The smallest absolute Gasteiger partial charge is 0.353 e. The van der Waals surface area contributed by atoms with Crippen LogP contribution in [0.4, 0.5) is 0 Å². The van der Waals surface area contributed by atoms with Crippen LogP contribution in [0.3, 0.4) is 0 Å². The summed E-state index contributed by atoms with van der Waals surface area (Å²) < 4.78 is 13.0. The number of aliphatic hydroxyl groups is 2. The molecule has 1 atom stereocenters. The van der Waals surface area contributed by atoms with E-state index in [0.717, 1.165) is 68.4 Å². The molecule has 3 aliphatic rings. The van der Waals surface area contributed by atoms with Gasteiger partial charge in [0.1, 0.15) is 5.75 Å². The maximum atomic E-state index is 13.6. The van der Waals surface area contributed by atoms with E-state index in [-0.39, 0.29) is 12.8 Å². The van der Waals surface area contributed by atoms with E-state index in [4.69, 9.17) is 14.6 Å². The van der Waals surface area contributed by atoms with E-state index in [9.17, 15) is 9.90 Å². The number of quaternary nitrogens is 1. The summed E-state index contributed by atoms with van der Waals surface area (Å²) in [5.41, 5.74) is -0.568. The SMILES string of the molecule is O=C(O[C@@H]1CC2CC[N+]1(CCCOc1ccc(CCCO)cc1)CC2)C(O)(c1cccs1)c1cccs1. The van der Waals surface area contributed by atoms with Crippen molar-refractivity contribution in [3.8, 4) is 5.75 Å². The molecule has 2 N–H and O–H groups in total. The van der Waals surface area contributed by atoms with Crippen LogP contribution in [0.5, 0.6) is 5.75 Å². The van der Waals surface area contributed by atoms with Crippen LogP contribution in [0.25, 0.3) is 0 Å². The maximum Gasteiger partial charge on any atom is 0.353 e. The Balaban J connectivity index is 1.23. The molecule has 5 heterocycles. The second kappa shape index (κ2) is 11.7. The van der Waals surface area contributed by atoms with E-state index in [2.05, 4.69) is 12.1 Å². The van der Waals surface area contributed by atoms with E-state index >= 15 is 0 Å². The van der Waals surface area contributed by atoms with Crippen molar-refractivity contribution in [2.24, 2.45) is 5.92 Å². The van der Waals surface area contributed by atoms with Gasteiger partial charge in [-0.3, -0.25) is 4.48 Å². The summed E-state index contributed by atoms with van der Waals surface area (Å²) >= 11 is 2.75. The van der Waals surface area contributed by atoms with Gasteiger partial charge in [-0.2, -0.15) is 0 Å². The Labute approximate surface area is 226 Å². The lowest BCUT2D eigenvalue weighted by atomic mass is 9.84. The molecule has 1 aromatic carbocycles. The number of ether oxygens (including phenoxy) is 2. The minimum atomic E-state index is -1.77. The Morgan fingerprint density at radius 3 is 2.27 bits per heavy atom.